The third-order valence-electron chi connectivity index (χ3n) is 4.95. The van der Waals surface area contributed by atoms with Crippen molar-refractivity contribution in [2.45, 2.75) is 44.6 Å². The zero-order valence-electron chi connectivity index (χ0n) is 12.5. The second-order valence-corrected chi connectivity index (χ2v) is 6.21. The lowest BCUT2D eigenvalue weighted by Crippen LogP contribution is -2.17. The van der Waals surface area contributed by atoms with Gasteiger partial charge in [-0.2, -0.15) is 0 Å². The standard InChI is InChI=1S/C17H21N3O/c1-3-18-10(2)16-19-20-17(21-16)15-13-9-8-11-6-4-5-7-12(11)14(13)15/h4-7,10,13-15,18H,3,8-9H2,1-2H3. The monoisotopic (exact) mass is 283 g/mol. The van der Waals surface area contributed by atoms with E-state index < -0.39 is 0 Å². The first-order valence-corrected chi connectivity index (χ1v) is 7.94. The van der Waals surface area contributed by atoms with Crippen LogP contribution in [0.2, 0.25) is 0 Å². The molecule has 2 aromatic rings. The average molecular weight is 283 g/mol. The lowest BCUT2D eigenvalue weighted by Gasteiger charge is -2.13. The van der Waals surface area contributed by atoms with Crippen LogP contribution in [-0.4, -0.2) is 16.7 Å². The number of nitrogens with zero attached hydrogens (tertiary/aromatic N) is 2. The molecule has 0 saturated heterocycles. The summed E-state index contributed by atoms with van der Waals surface area (Å²) in [6, 6.07) is 8.94. The SMILES string of the molecule is CCNC(C)c1nnc(C2C3CCc4ccccc4C32)o1. The first-order valence-electron chi connectivity index (χ1n) is 7.94. The number of aromatic nitrogens is 2. The highest BCUT2D eigenvalue weighted by molar-refractivity contribution is 5.42. The molecule has 110 valence electrons. The molecule has 1 heterocycles. The van der Waals surface area contributed by atoms with Gasteiger partial charge in [0.25, 0.3) is 0 Å². The molecule has 4 rings (SSSR count). The van der Waals surface area contributed by atoms with Gasteiger partial charge >= 0.3 is 0 Å². The van der Waals surface area contributed by atoms with E-state index in [1.807, 2.05) is 0 Å². The van der Waals surface area contributed by atoms with E-state index in [2.05, 4.69) is 53.6 Å². The van der Waals surface area contributed by atoms with Gasteiger partial charge in [-0.1, -0.05) is 31.2 Å². The number of fused-ring (bicyclic) bond motifs is 3. The van der Waals surface area contributed by atoms with Crippen LogP contribution in [0, 0.1) is 5.92 Å². The maximum absolute atomic E-state index is 5.94. The lowest BCUT2D eigenvalue weighted by molar-refractivity contribution is 0.393. The quantitative estimate of drug-likeness (QED) is 0.936. The van der Waals surface area contributed by atoms with Crippen LogP contribution in [0.5, 0.6) is 0 Å². The zero-order chi connectivity index (χ0) is 14.4. The van der Waals surface area contributed by atoms with Gasteiger partial charge in [0.2, 0.25) is 11.8 Å². The van der Waals surface area contributed by atoms with Crippen molar-refractivity contribution in [2.75, 3.05) is 6.54 Å². The fourth-order valence-corrected chi connectivity index (χ4v) is 3.85. The second-order valence-electron chi connectivity index (χ2n) is 6.21. The number of nitrogens with one attached hydrogen (secondary N) is 1. The van der Waals surface area contributed by atoms with Gasteiger partial charge in [0.05, 0.1) is 6.04 Å². The number of hydrogen-bond donors (Lipinski definition) is 1. The minimum Gasteiger partial charge on any atom is -0.423 e. The lowest BCUT2D eigenvalue weighted by atomic mass is 9.92. The van der Waals surface area contributed by atoms with Crippen molar-refractivity contribution in [3.05, 3.63) is 47.2 Å². The predicted octanol–water partition coefficient (Wildman–Crippen LogP) is 3.18. The van der Waals surface area contributed by atoms with E-state index in [4.69, 9.17) is 4.42 Å². The van der Waals surface area contributed by atoms with Gasteiger partial charge in [-0.05, 0) is 49.3 Å². The molecule has 0 amide bonds. The maximum atomic E-state index is 5.94. The molecule has 0 radical (unpaired) electrons. The van der Waals surface area contributed by atoms with E-state index >= 15 is 0 Å². The Hall–Kier alpha value is -1.68. The number of aryl methyl sites for hydroxylation is 1. The molecule has 1 N–H and O–H groups in total. The van der Waals surface area contributed by atoms with Crippen molar-refractivity contribution in [1.29, 1.82) is 0 Å². The summed E-state index contributed by atoms with van der Waals surface area (Å²) >= 11 is 0. The van der Waals surface area contributed by atoms with E-state index in [0.717, 1.165) is 12.4 Å². The van der Waals surface area contributed by atoms with E-state index in [9.17, 15) is 0 Å². The third kappa shape index (κ3) is 2.09. The summed E-state index contributed by atoms with van der Waals surface area (Å²) in [6.45, 7) is 5.05. The molecule has 2 aliphatic carbocycles. The van der Waals surface area contributed by atoms with Crippen LogP contribution in [0.3, 0.4) is 0 Å². The molecule has 0 aliphatic heterocycles. The molecule has 1 saturated carbocycles. The Morgan fingerprint density at radius 3 is 3.00 bits per heavy atom. The summed E-state index contributed by atoms with van der Waals surface area (Å²) in [4.78, 5) is 0. The van der Waals surface area contributed by atoms with Crippen LogP contribution in [0.15, 0.2) is 28.7 Å². The summed E-state index contributed by atoms with van der Waals surface area (Å²) in [5.74, 6) is 3.27. The predicted molar refractivity (Wildman–Crippen MR) is 80.1 cm³/mol. The Bertz CT molecular complexity index is 651. The van der Waals surface area contributed by atoms with E-state index in [1.54, 1.807) is 0 Å². The van der Waals surface area contributed by atoms with Gasteiger partial charge in [0.15, 0.2) is 0 Å². The Balaban J connectivity index is 1.57. The summed E-state index contributed by atoms with van der Waals surface area (Å²) in [6.07, 6.45) is 2.43. The molecule has 0 bridgehead atoms. The number of hydrogen-bond acceptors (Lipinski definition) is 4. The van der Waals surface area contributed by atoms with Gasteiger partial charge in [0, 0.05) is 5.92 Å². The summed E-state index contributed by atoms with van der Waals surface area (Å²) in [5.41, 5.74) is 3.00. The molecular weight excluding hydrogens is 262 g/mol. The highest BCUT2D eigenvalue weighted by Gasteiger charge is 2.56. The topological polar surface area (TPSA) is 51.0 Å². The van der Waals surface area contributed by atoms with Crippen molar-refractivity contribution in [3.63, 3.8) is 0 Å². The van der Waals surface area contributed by atoms with Crippen molar-refractivity contribution in [2.24, 2.45) is 5.92 Å². The van der Waals surface area contributed by atoms with Crippen LogP contribution in [0.25, 0.3) is 0 Å². The molecular formula is C17H21N3O. The Morgan fingerprint density at radius 1 is 1.29 bits per heavy atom. The summed E-state index contributed by atoms with van der Waals surface area (Å²) < 4.78 is 5.94. The molecule has 1 fully saturated rings. The van der Waals surface area contributed by atoms with Crippen LogP contribution in [-0.2, 0) is 6.42 Å². The minimum atomic E-state index is 0.129. The first-order chi connectivity index (χ1) is 10.3. The summed E-state index contributed by atoms with van der Waals surface area (Å²) in [7, 11) is 0. The minimum absolute atomic E-state index is 0.129. The second kappa shape index (κ2) is 4.95. The van der Waals surface area contributed by atoms with Gasteiger partial charge in [-0.25, -0.2) is 0 Å². The van der Waals surface area contributed by atoms with Gasteiger partial charge in [0.1, 0.15) is 0 Å². The molecule has 4 unspecified atom stereocenters. The highest BCUT2D eigenvalue weighted by atomic mass is 16.4. The van der Waals surface area contributed by atoms with Gasteiger partial charge < -0.3 is 9.73 Å². The molecule has 0 spiro atoms. The maximum Gasteiger partial charge on any atom is 0.233 e. The summed E-state index contributed by atoms with van der Waals surface area (Å²) in [5, 5.41) is 11.9. The van der Waals surface area contributed by atoms with Crippen molar-refractivity contribution in [1.82, 2.24) is 15.5 Å². The molecule has 4 atom stereocenters. The number of benzene rings is 1. The molecule has 2 aliphatic rings. The van der Waals surface area contributed by atoms with E-state index in [1.165, 1.54) is 24.0 Å². The normalized spacial score (nSPS) is 27.8. The molecule has 21 heavy (non-hydrogen) atoms. The van der Waals surface area contributed by atoms with Crippen LogP contribution in [0.4, 0.5) is 0 Å². The fourth-order valence-electron chi connectivity index (χ4n) is 3.85. The number of rotatable bonds is 4. The third-order valence-corrected chi connectivity index (χ3v) is 4.95. The van der Waals surface area contributed by atoms with Gasteiger partial charge in [-0.15, -0.1) is 10.2 Å². The van der Waals surface area contributed by atoms with E-state index in [-0.39, 0.29) is 6.04 Å². The van der Waals surface area contributed by atoms with Crippen LogP contribution >= 0.6 is 0 Å². The highest BCUT2D eigenvalue weighted by Crippen LogP contribution is 2.64. The van der Waals surface area contributed by atoms with Crippen LogP contribution < -0.4 is 5.32 Å². The average Bonchev–Trinajstić information content (AvgIpc) is 3.05. The fraction of sp³-hybridized carbons (Fsp3) is 0.529. The Morgan fingerprint density at radius 2 is 2.14 bits per heavy atom. The first kappa shape index (κ1) is 13.0. The molecule has 1 aromatic carbocycles. The molecule has 4 nitrogen and oxygen atoms in total. The Kier molecular flexibility index (Phi) is 3.07. The van der Waals surface area contributed by atoms with Crippen molar-refractivity contribution >= 4 is 0 Å². The largest absolute Gasteiger partial charge is 0.423 e. The molecule has 1 aromatic heterocycles. The van der Waals surface area contributed by atoms with Crippen molar-refractivity contribution in [3.8, 4) is 0 Å². The van der Waals surface area contributed by atoms with Crippen molar-refractivity contribution < 1.29 is 4.42 Å². The zero-order valence-corrected chi connectivity index (χ0v) is 12.5. The van der Waals surface area contributed by atoms with Gasteiger partial charge in [-0.3, -0.25) is 0 Å². The van der Waals surface area contributed by atoms with E-state index in [0.29, 0.717) is 23.6 Å². The smallest absolute Gasteiger partial charge is 0.233 e. The Labute approximate surface area is 125 Å². The molecule has 4 heteroatoms. The van der Waals surface area contributed by atoms with Crippen LogP contribution in [0.1, 0.15) is 61.1 Å².